The lowest BCUT2D eigenvalue weighted by Crippen LogP contribution is -2.33. The summed E-state index contributed by atoms with van der Waals surface area (Å²) in [7, 11) is 0. The third-order valence-electron chi connectivity index (χ3n) is 6.89. The summed E-state index contributed by atoms with van der Waals surface area (Å²) >= 11 is 6.13. The van der Waals surface area contributed by atoms with E-state index >= 15 is 0 Å². The number of anilines is 2. The first kappa shape index (κ1) is 24.0. The van der Waals surface area contributed by atoms with Crippen LogP contribution in [0, 0.1) is 12.8 Å². The maximum absolute atomic E-state index is 12.8. The molecule has 11 nitrogen and oxygen atoms in total. The van der Waals surface area contributed by atoms with Crippen LogP contribution in [0.2, 0.25) is 5.02 Å². The summed E-state index contributed by atoms with van der Waals surface area (Å²) in [5.74, 6) is 12.4. The van der Waals surface area contributed by atoms with E-state index in [0.717, 1.165) is 36.6 Å². The van der Waals surface area contributed by atoms with Crippen LogP contribution in [0.15, 0.2) is 47.8 Å². The standard InChI is InChI=1S/C24H29ClN10O/c1-15-16(2-5-22(32-15)33-12-19-7-24(19,26)13-33)10-34-11-18(9-31-34)23(36)29-8-17-6-20(25)3-4-21(17)35(28)14-30-27/h2-6,9,11,14,19H,7-8,10,12-13,26-28H2,1H3,(H,29,36)/b30-14-/t19-,24?/m0/s1. The number of rotatable bonds is 8. The SMILES string of the molecule is Cc1nc(N2C[C@@H]3CC3(N)C2)ccc1Cn1cc(C(=O)NCc2cc(Cl)ccc2N(N)/C=N\N)cn1. The molecule has 1 saturated heterocycles. The number of carbonyl (C=O) groups is 1. The largest absolute Gasteiger partial charge is 0.354 e. The van der Waals surface area contributed by atoms with Crippen LogP contribution < -0.4 is 32.6 Å². The van der Waals surface area contributed by atoms with Crippen LogP contribution in [-0.4, -0.2) is 45.6 Å². The Morgan fingerprint density at radius 2 is 2.19 bits per heavy atom. The van der Waals surface area contributed by atoms with Crippen LogP contribution in [0.4, 0.5) is 11.5 Å². The van der Waals surface area contributed by atoms with Crippen molar-refractivity contribution in [1.82, 2.24) is 20.1 Å². The van der Waals surface area contributed by atoms with E-state index in [-0.39, 0.29) is 18.0 Å². The highest BCUT2D eigenvalue weighted by Crippen LogP contribution is 2.48. The lowest BCUT2D eigenvalue weighted by molar-refractivity contribution is 0.0951. The van der Waals surface area contributed by atoms with Crippen LogP contribution in [0.5, 0.6) is 0 Å². The Bertz CT molecular complexity index is 1320. The Hall–Kier alpha value is -3.67. The van der Waals surface area contributed by atoms with Crippen molar-refractivity contribution >= 4 is 35.4 Å². The van der Waals surface area contributed by atoms with Crippen molar-refractivity contribution < 1.29 is 4.79 Å². The fraction of sp³-hybridized carbons (Fsp3) is 0.333. The molecule has 7 N–H and O–H groups in total. The van der Waals surface area contributed by atoms with Gasteiger partial charge in [0.05, 0.1) is 24.0 Å². The predicted molar refractivity (Wildman–Crippen MR) is 140 cm³/mol. The Labute approximate surface area is 213 Å². The normalized spacial score (nSPS) is 20.6. The van der Waals surface area contributed by atoms with Crippen molar-refractivity contribution in [3.63, 3.8) is 0 Å². The number of halogens is 1. The summed E-state index contributed by atoms with van der Waals surface area (Å²) in [4.78, 5) is 19.8. The second kappa shape index (κ2) is 9.41. The number of hydrogen-bond acceptors (Lipinski definition) is 8. The highest BCUT2D eigenvalue weighted by molar-refractivity contribution is 6.30. The number of fused-ring (bicyclic) bond motifs is 1. The third kappa shape index (κ3) is 4.85. The molecular weight excluding hydrogens is 480 g/mol. The molecule has 5 rings (SSSR count). The van der Waals surface area contributed by atoms with E-state index in [9.17, 15) is 4.79 Å². The number of amides is 1. The van der Waals surface area contributed by atoms with Gasteiger partial charge in [-0.05, 0) is 54.7 Å². The van der Waals surface area contributed by atoms with E-state index in [1.165, 1.54) is 11.3 Å². The van der Waals surface area contributed by atoms with Gasteiger partial charge in [0.25, 0.3) is 5.91 Å². The van der Waals surface area contributed by atoms with E-state index in [0.29, 0.717) is 34.3 Å². The number of piperidine rings is 1. The molecule has 2 atom stereocenters. The molecular formula is C24H29ClN10O. The summed E-state index contributed by atoms with van der Waals surface area (Å²) in [5, 5.41) is 12.4. The number of hydrogen-bond donors (Lipinski definition) is 4. The van der Waals surface area contributed by atoms with Gasteiger partial charge in [0.2, 0.25) is 0 Å². The molecule has 12 heteroatoms. The molecule has 2 fully saturated rings. The second-order valence-electron chi connectivity index (χ2n) is 9.48. The topological polar surface area (TPSA) is 157 Å². The molecule has 1 aliphatic heterocycles. The van der Waals surface area contributed by atoms with Crippen molar-refractivity contribution in [2.24, 2.45) is 28.4 Å². The molecule has 0 bridgehead atoms. The molecule has 0 spiro atoms. The Morgan fingerprint density at radius 3 is 2.92 bits per heavy atom. The minimum absolute atomic E-state index is 0.0168. The molecule has 3 heterocycles. The van der Waals surface area contributed by atoms with Gasteiger partial charge in [0.15, 0.2) is 0 Å². The van der Waals surface area contributed by atoms with Crippen molar-refractivity contribution in [3.05, 3.63) is 70.1 Å². The molecule has 1 aromatic carbocycles. The summed E-state index contributed by atoms with van der Waals surface area (Å²) in [6.07, 6.45) is 5.64. The number of benzene rings is 1. The van der Waals surface area contributed by atoms with Crippen molar-refractivity contribution in [2.75, 3.05) is 23.0 Å². The molecule has 2 aliphatic rings. The number of aryl methyl sites for hydroxylation is 1. The first-order chi connectivity index (χ1) is 17.3. The lowest BCUT2D eigenvalue weighted by Gasteiger charge is -2.21. The number of nitrogens with one attached hydrogen (secondary N) is 1. The van der Waals surface area contributed by atoms with Crippen molar-refractivity contribution in [2.45, 2.75) is 32.0 Å². The molecule has 1 unspecified atom stereocenters. The Balaban J connectivity index is 1.21. The van der Waals surface area contributed by atoms with Gasteiger partial charge in [0.1, 0.15) is 12.2 Å². The van der Waals surface area contributed by atoms with E-state index in [1.54, 1.807) is 35.3 Å². The van der Waals surface area contributed by atoms with Crippen LogP contribution in [0.1, 0.15) is 33.6 Å². The van der Waals surface area contributed by atoms with Gasteiger partial charge < -0.3 is 21.8 Å². The molecule has 1 amide bonds. The average Bonchev–Trinajstić information content (AvgIpc) is 3.15. The third-order valence-corrected chi connectivity index (χ3v) is 7.12. The summed E-state index contributed by atoms with van der Waals surface area (Å²) in [6.45, 7) is 4.54. The molecule has 2 aromatic heterocycles. The van der Waals surface area contributed by atoms with Gasteiger partial charge >= 0.3 is 0 Å². The summed E-state index contributed by atoms with van der Waals surface area (Å²) < 4.78 is 1.72. The number of carbonyl (C=O) groups excluding carboxylic acids is 1. The summed E-state index contributed by atoms with van der Waals surface area (Å²) in [6, 6.07) is 9.25. The fourth-order valence-electron chi connectivity index (χ4n) is 4.72. The summed E-state index contributed by atoms with van der Waals surface area (Å²) in [5.41, 5.74) is 10.1. The van der Waals surface area contributed by atoms with E-state index < -0.39 is 0 Å². The maximum atomic E-state index is 12.8. The number of hydrazone groups is 1. The minimum Gasteiger partial charge on any atom is -0.354 e. The van der Waals surface area contributed by atoms with Gasteiger partial charge in [0, 0.05) is 42.1 Å². The van der Waals surface area contributed by atoms with Crippen LogP contribution in [0.25, 0.3) is 0 Å². The smallest absolute Gasteiger partial charge is 0.254 e. The number of nitrogens with two attached hydrogens (primary N) is 3. The molecule has 0 radical (unpaired) electrons. The number of pyridine rings is 1. The molecule has 188 valence electrons. The maximum Gasteiger partial charge on any atom is 0.254 e. The van der Waals surface area contributed by atoms with Crippen LogP contribution in [0.3, 0.4) is 0 Å². The number of aromatic nitrogens is 3. The molecule has 1 saturated carbocycles. The van der Waals surface area contributed by atoms with E-state index in [2.05, 4.69) is 26.5 Å². The highest BCUT2D eigenvalue weighted by Gasteiger charge is 2.57. The fourth-order valence-corrected chi connectivity index (χ4v) is 4.92. The van der Waals surface area contributed by atoms with Crippen LogP contribution >= 0.6 is 11.6 Å². The minimum atomic E-state index is -0.267. The average molecular weight is 509 g/mol. The lowest BCUT2D eigenvalue weighted by atomic mass is 10.1. The zero-order chi connectivity index (χ0) is 25.4. The molecule has 1 aliphatic carbocycles. The Kier molecular flexibility index (Phi) is 6.29. The first-order valence-corrected chi connectivity index (χ1v) is 12.0. The van der Waals surface area contributed by atoms with Gasteiger partial charge in [-0.1, -0.05) is 17.7 Å². The van der Waals surface area contributed by atoms with Crippen LogP contribution in [-0.2, 0) is 13.1 Å². The van der Waals surface area contributed by atoms with Gasteiger partial charge in [-0.15, -0.1) is 0 Å². The van der Waals surface area contributed by atoms with Crippen molar-refractivity contribution in [1.29, 1.82) is 0 Å². The zero-order valence-corrected chi connectivity index (χ0v) is 20.7. The Morgan fingerprint density at radius 1 is 1.36 bits per heavy atom. The second-order valence-corrected chi connectivity index (χ2v) is 9.92. The highest BCUT2D eigenvalue weighted by atomic mass is 35.5. The van der Waals surface area contributed by atoms with Gasteiger partial charge in [-0.3, -0.25) is 14.5 Å². The van der Waals surface area contributed by atoms with Gasteiger partial charge in [-0.25, -0.2) is 10.8 Å². The first-order valence-electron chi connectivity index (χ1n) is 11.6. The zero-order valence-electron chi connectivity index (χ0n) is 19.9. The molecule has 3 aromatic rings. The molecule has 36 heavy (non-hydrogen) atoms. The van der Waals surface area contributed by atoms with E-state index in [1.807, 2.05) is 13.0 Å². The van der Waals surface area contributed by atoms with Crippen molar-refractivity contribution in [3.8, 4) is 0 Å². The van der Waals surface area contributed by atoms with E-state index in [4.69, 9.17) is 34.0 Å². The monoisotopic (exact) mass is 508 g/mol. The number of hydrazine groups is 1. The predicted octanol–water partition coefficient (Wildman–Crippen LogP) is 1.34. The number of nitrogens with zero attached hydrogens (tertiary/aromatic N) is 6. The quantitative estimate of drug-likeness (QED) is 0.154. The van der Waals surface area contributed by atoms with Gasteiger partial charge in [-0.2, -0.15) is 10.2 Å².